The Hall–Kier alpha value is -7.24. The fourth-order valence-corrected chi connectivity index (χ4v) is 7.73. The molecule has 0 unspecified atom stereocenters. The molecule has 246 valence electrons. The molecule has 0 aliphatic rings. The molecular weight excluding hydrogens is 647 g/mol. The molecule has 0 aliphatic carbocycles. The predicted octanol–water partition coefficient (Wildman–Crippen LogP) is 12.0. The Kier molecular flexibility index (Phi) is 6.48. The molecule has 5 nitrogen and oxygen atoms in total. The third-order valence-electron chi connectivity index (χ3n) is 10.4. The van der Waals surface area contributed by atoms with Gasteiger partial charge in [-0.1, -0.05) is 121 Å². The number of pyridine rings is 4. The van der Waals surface area contributed by atoms with Crippen LogP contribution < -0.4 is 0 Å². The van der Waals surface area contributed by atoms with Crippen LogP contribution in [-0.2, 0) is 0 Å². The van der Waals surface area contributed by atoms with E-state index in [0.717, 1.165) is 88.5 Å². The van der Waals surface area contributed by atoms with Crippen molar-refractivity contribution in [3.8, 4) is 44.9 Å². The zero-order chi connectivity index (χ0) is 34.9. The van der Waals surface area contributed by atoms with E-state index in [1.165, 1.54) is 16.3 Å². The molecule has 6 aromatic carbocycles. The fraction of sp³-hybridized carbons (Fsp3) is 0. The minimum absolute atomic E-state index is 0.929. The Morgan fingerprint density at radius 3 is 1.98 bits per heavy atom. The molecule has 53 heavy (non-hydrogen) atoms. The van der Waals surface area contributed by atoms with Crippen LogP contribution in [0.4, 0.5) is 0 Å². The lowest BCUT2D eigenvalue weighted by molar-refractivity contribution is 1.20. The fourth-order valence-electron chi connectivity index (χ4n) is 7.73. The summed E-state index contributed by atoms with van der Waals surface area (Å²) in [7, 11) is 0. The smallest absolute Gasteiger partial charge is 0.146 e. The van der Waals surface area contributed by atoms with Crippen LogP contribution in [0.25, 0.3) is 105 Å². The Morgan fingerprint density at radius 1 is 0.415 bits per heavy atom. The first-order valence-electron chi connectivity index (χ1n) is 17.8. The Balaban J connectivity index is 0.957. The van der Waals surface area contributed by atoms with Gasteiger partial charge >= 0.3 is 0 Å². The van der Waals surface area contributed by atoms with Gasteiger partial charge in [-0.05, 0) is 58.3 Å². The maximum absolute atomic E-state index is 5.21. The van der Waals surface area contributed by atoms with Gasteiger partial charge < -0.3 is 4.40 Å². The van der Waals surface area contributed by atoms with Gasteiger partial charge in [0.25, 0.3) is 0 Å². The lowest BCUT2D eigenvalue weighted by Crippen LogP contribution is -1.93. The molecule has 0 atom stereocenters. The second-order valence-corrected chi connectivity index (χ2v) is 13.6. The molecular formula is C48H29N5. The zero-order valence-electron chi connectivity index (χ0n) is 28.5. The maximum Gasteiger partial charge on any atom is 0.146 e. The van der Waals surface area contributed by atoms with Crippen LogP contribution >= 0.6 is 0 Å². The van der Waals surface area contributed by atoms with Crippen molar-refractivity contribution in [3.63, 3.8) is 0 Å². The van der Waals surface area contributed by atoms with Gasteiger partial charge in [0.2, 0.25) is 0 Å². The summed E-state index contributed by atoms with van der Waals surface area (Å²) >= 11 is 0. The molecule has 5 heteroatoms. The summed E-state index contributed by atoms with van der Waals surface area (Å²) in [6, 6.07) is 55.4. The second kappa shape index (κ2) is 11.7. The first-order chi connectivity index (χ1) is 26.2. The first kappa shape index (κ1) is 29.5. The van der Waals surface area contributed by atoms with E-state index in [1.807, 2.05) is 18.3 Å². The topological polar surface area (TPSA) is 56.0 Å². The molecule has 0 spiro atoms. The van der Waals surface area contributed by atoms with Crippen molar-refractivity contribution in [1.82, 2.24) is 24.3 Å². The van der Waals surface area contributed by atoms with Gasteiger partial charge in [-0.2, -0.15) is 0 Å². The third-order valence-corrected chi connectivity index (χ3v) is 10.4. The van der Waals surface area contributed by atoms with Crippen molar-refractivity contribution in [2.75, 3.05) is 0 Å². The highest BCUT2D eigenvalue weighted by atomic mass is 15.0. The van der Waals surface area contributed by atoms with E-state index in [-0.39, 0.29) is 0 Å². The van der Waals surface area contributed by atoms with Gasteiger partial charge in [-0.15, -0.1) is 0 Å². The summed E-state index contributed by atoms with van der Waals surface area (Å²) in [5.74, 6) is 0. The van der Waals surface area contributed by atoms with Crippen molar-refractivity contribution in [1.29, 1.82) is 0 Å². The Labute approximate surface area is 304 Å². The van der Waals surface area contributed by atoms with Crippen LogP contribution in [0, 0.1) is 0 Å². The summed E-state index contributed by atoms with van der Waals surface area (Å²) in [6.45, 7) is 0. The van der Waals surface area contributed by atoms with E-state index < -0.39 is 0 Å². The largest absolute Gasteiger partial charge is 0.306 e. The highest BCUT2D eigenvalue weighted by Gasteiger charge is 2.16. The summed E-state index contributed by atoms with van der Waals surface area (Å²) in [5, 5.41) is 7.84. The zero-order valence-corrected chi connectivity index (χ0v) is 28.5. The number of fused-ring (bicyclic) bond motifs is 9. The number of benzene rings is 6. The Bertz CT molecular complexity index is 3220. The van der Waals surface area contributed by atoms with Crippen LogP contribution in [0.2, 0.25) is 0 Å². The van der Waals surface area contributed by atoms with Crippen LogP contribution in [0.1, 0.15) is 0 Å². The number of imidazole rings is 1. The number of hydrogen-bond donors (Lipinski definition) is 0. The SMILES string of the molecule is c1ccc(-c2cn3ccc4c(-c5ccc(-c6ccc7cc(-c8ccc9ccc%10cccnc%10c9n8)ccc7c6)cc5)nc5ccccc5c4c3n2)cc1. The van der Waals surface area contributed by atoms with Gasteiger partial charge in [-0.25, -0.2) is 15.0 Å². The van der Waals surface area contributed by atoms with E-state index in [1.54, 1.807) is 0 Å². The summed E-state index contributed by atoms with van der Waals surface area (Å²) in [4.78, 5) is 20.1. The van der Waals surface area contributed by atoms with Crippen LogP contribution in [-0.4, -0.2) is 24.3 Å². The number of aromatic nitrogens is 5. The van der Waals surface area contributed by atoms with Crippen LogP contribution in [0.15, 0.2) is 176 Å². The van der Waals surface area contributed by atoms with E-state index in [9.17, 15) is 0 Å². The molecule has 0 fully saturated rings. The minimum Gasteiger partial charge on any atom is -0.306 e. The second-order valence-electron chi connectivity index (χ2n) is 13.6. The molecule has 0 radical (unpaired) electrons. The van der Waals surface area contributed by atoms with E-state index >= 15 is 0 Å². The van der Waals surface area contributed by atoms with Crippen molar-refractivity contribution in [3.05, 3.63) is 176 Å². The summed E-state index contributed by atoms with van der Waals surface area (Å²) in [5.41, 5.74) is 12.2. The highest BCUT2D eigenvalue weighted by molar-refractivity contribution is 6.16. The third kappa shape index (κ3) is 4.86. The van der Waals surface area contributed by atoms with Gasteiger partial charge in [-0.3, -0.25) is 4.98 Å². The molecule has 0 N–H and O–H groups in total. The molecule has 0 bridgehead atoms. The average Bonchev–Trinajstić information content (AvgIpc) is 3.68. The van der Waals surface area contributed by atoms with E-state index in [0.29, 0.717) is 0 Å². The molecule has 11 aromatic rings. The number of nitrogens with zero attached hydrogens (tertiary/aromatic N) is 5. The lowest BCUT2D eigenvalue weighted by atomic mass is 9.96. The molecule has 0 saturated heterocycles. The predicted molar refractivity (Wildman–Crippen MR) is 218 cm³/mol. The molecule has 0 aliphatic heterocycles. The molecule has 0 saturated carbocycles. The van der Waals surface area contributed by atoms with Gasteiger partial charge in [0.05, 0.1) is 33.6 Å². The molecule has 5 aromatic heterocycles. The highest BCUT2D eigenvalue weighted by Crippen LogP contribution is 2.37. The monoisotopic (exact) mass is 675 g/mol. The first-order valence-corrected chi connectivity index (χ1v) is 17.8. The van der Waals surface area contributed by atoms with E-state index in [4.69, 9.17) is 15.0 Å². The van der Waals surface area contributed by atoms with Crippen molar-refractivity contribution in [2.45, 2.75) is 0 Å². The minimum atomic E-state index is 0.929. The maximum atomic E-state index is 5.21. The molecule has 0 amide bonds. The standard InChI is InChI=1S/C48H29N5/c1-2-7-31(8-3-1)43-29-53-26-24-40-44(48(53)52-43)39-10-4-5-11-42(39)51-45(40)33-14-12-30(13-15-33)35-18-19-37-28-38(21-20-36(37)27-35)41-23-22-34-17-16-32-9-6-25-49-46(32)47(34)50-41/h1-29H. The van der Waals surface area contributed by atoms with E-state index in [2.05, 4.69) is 167 Å². The van der Waals surface area contributed by atoms with Gasteiger partial charge in [0.15, 0.2) is 0 Å². The quantitative estimate of drug-likeness (QED) is 0.174. The lowest BCUT2D eigenvalue weighted by Gasteiger charge is -2.12. The van der Waals surface area contributed by atoms with Crippen molar-refractivity contribution >= 4 is 59.9 Å². The van der Waals surface area contributed by atoms with Crippen LogP contribution in [0.3, 0.4) is 0 Å². The number of hydrogen-bond acceptors (Lipinski definition) is 4. The van der Waals surface area contributed by atoms with Crippen molar-refractivity contribution in [2.24, 2.45) is 0 Å². The Morgan fingerprint density at radius 2 is 1.11 bits per heavy atom. The van der Waals surface area contributed by atoms with Crippen LogP contribution in [0.5, 0.6) is 0 Å². The molecule has 5 heterocycles. The normalized spacial score (nSPS) is 11.8. The summed E-state index contributed by atoms with van der Waals surface area (Å²) in [6.07, 6.45) is 6.04. The number of rotatable bonds is 4. The van der Waals surface area contributed by atoms with Gasteiger partial charge in [0, 0.05) is 62.2 Å². The number of para-hydroxylation sites is 1. The molecule has 11 rings (SSSR count). The van der Waals surface area contributed by atoms with Gasteiger partial charge in [0.1, 0.15) is 5.65 Å². The average molecular weight is 676 g/mol. The van der Waals surface area contributed by atoms with Crippen molar-refractivity contribution < 1.29 is 0 Å². The summed E-state index contributed by atoms with van der Waals surface area (Å²) < 4.78 is 2.13.